The zero-order valence-electron chi connectivity index (χ0n) is 7.10. The highest BCUT2D eigenvalue weighted by Crippen LogP contribution is 2.32. The highest BCUT2D eigenvalue weighted by Gasteiger charge is 2.05. The van der Waals surface area contributed by atoms with E-state index in [-0.39, 0.29) is 0 Å². The molecule has 0 spiro atoms. The smallest absolute Gasteiger partial charge is 0.0666 e. The Morgan fingerprint density at radius 1 is 1.46 bits per heavy atom. The molecule has 0 bridgehead atoms. The van der Waals surface area contributed by atoms with Gasteiger partial charge in [-0.2, -0.15) is 0 Å². The average molecular weight is 367 g/mol. The summed E-state index contributed by atoms with van der Waals surface area (Å²) in [6.07, 6.45) is 0. The van der Waals surface area contributed by atoms with Crippen molar-refractivity contribution in [2.24, 2.45) is 0 Å². The molecule has 13 heavy (non-hydrogen) atoms. The predicted molar refractivity (Wildman–Crippen MR) is 71.9 cm³/mol. The summed E-state index contributed by atoms with van der Waals surface area (Å²) < 4.78 is 2.80. The van der Waals surface area contributed by atoms with Crippen LogP contribution in [0.15, 0.2) is 18.2 Å². The molecule has 0 unspecified atom stereocenters. The van der Waals surface area contributed by atoms with Gasteiger partial charge in [-0.05, 0) is 52.1 Å². The molecule has 0 N–H and O–H groups in total. The third-order valence-corrected chi connectivity index (χ3v) is 4.72. The standard InChI is InChI=1S/C10H8BrIS/c1-6-2-3-7(5-11)8-4-9(12)13-10(6)8/h2-4H,5H2,1H3. The minimum Gasteiger partial charge on any atom is -0.129 e. The minimum atomic E-state index is 0.941. The van der Waals surface area contributed by atoms with Crippen LogP contribution in [0.4, 0.5) is 0 Å². The molecule has 0 aliphatic heterocycles. The van der Waals surface area contributed by atoms with Gasteiger partial charge < -0.3 is 0 Å². The Hall–Kier alpha value is 0.390. The Kier molecular flexibility index (Phi) is 2.95. The van der Waals surface area contributed by atoms with Crippen LogP contribution in [0.5, 0.6) is 0 Å². The molecular formula is C10H8BrIS. The zero-order valence-corrected chi connectivity index (χ0v) is 11.7. The summed E-state index contributed by atoms with van der Waals surface area (Å²) >= 11 is 7.77. The van der Waals surface area contributed by atoms with Crippen LogP contribution in [0.3, 0.4) is 0 Å². The van der Waals surface area contributed by atoms with E-state index in [1.165, 1.54) is 24.1 Å². The summed E-state index contributed by atoms with van der Waals surface area (Å²) in [6.45, 7) is 2.17. The Labute approximate surface area is 104 Å². The van der Waals surface area contributed by atoms with E-state index in [1.807, 2.05) is 11.3 Å². The molecule has 0 saturated heterocycles. The number of benzene rings is 1. The number of alkyl halides is 1. The van der Waals surface area contributed by atoms with Crippen molar-refractivity contribution < 1.29 is 0 Å². The van der Waals surface area contributed by atoms with E-state index in [0.717, 1.165) is 5.33 Å². The summed E-state index contributed by atoms with van der Waals surface area (Å²) in [7, 11) is 0. The van der Waals surface area contributed by atoms with E-state index in [2.05, 4.69) is 63.6 Å². The maximum absolute atomic E-state index is 3.51. The number of rotatable bonds is 1. The molecule has 68 valence electrons. The van der Waals surface area contributed by atoms with Crippen molar-refractivity contribution in [2.75, 3.05) is 0 Å². The highest BCUT2D eigenvalue weighted by molar-refractivity contribution is 14.1. The van der Waals surface area contributed by atoms with Gasteiger partial charge in [0.25, 0.3) is 0 Å². The van der Waals surface area contributed by atoms with Crippen LogP contribution < -0.4 is 0 Å². The average Bonchev–Trinajstić information content (AvgIpc) is 2.48. The van der Waals surface area contributed by atoms with Gasteiger partial charge in [0.15, 0.2) is 0 Å². The lowest BCUT2D eigenvalue weighted by molar-refractivity contribution is 1.46. The number of hydrogen-bond donors (Lipinski definition) is 0. The molecule has 3 heteroatoms. The van der Waals surface area contributed by atoms with E-state index < -0.39 is 0 Å². The monoisotopic (exact) mass is 366 g/mol. The van der Waals surface area contributed by atoms with Crippen LogP contribution in [0, 0.1) is 9.81 Å². The quantitative estimate of drug-likeness (QED) is 0.506. The van der Waals surface area contributed by atoms with Crippen LogP contribution in [-0.4, -0.2) is 0 Å². The van der Waals surface area contributed by atoms with E-state index in [9.17, 15) is 0 Å². The highest BCUT2D eigenvalue weighted by atomic mass is 127. The first-order valence-corrected chi connectivity index (χ1v) is 6.97. The Balaban J connectivity index is 2.83. The van der Waals surface area contributed by atoms with Crippen LogP contribution in [0.2, 0.25) is 0 Å². The number of thiophene rings is 1. The van der Waals surface area contributed by atoms with Crippen molar-refractivity contribution in [1.82, 2.24) is 0 Å². The minimum absolute atomic E-state index is 0.941. The summed E-state index contributed by atoms with van der Waals surface area (Å²) in [5.41, 5.74) is 2.77. The maximum Gasteiger partial charge on any atom is 0.0666 e. The maximum atomic E-state index is 3.51. The number of fused-ring (bicyclic) bond motifs is 1. The fourth-order valence-corrected chi connectivity index (χ4v) is 3.76. The second-order valence-electron chi connectivity index (χ2n) is 2.97. The molecule has 0 atom stereocenters. The molecule has 2 rings (SSSR count). The molecule has 1 aromatic heterocycles. The normalized spacial score (nSPS) is 11.0. The molecule has 0 aliphatic carbocycles. The first-order valence-electron chi connectivity index (χ1n) is 3.96. The molecule has 0 saturated carbocycles. The third-order valence-electron chi connectivity index (χ3n) is 2.08. The van der Waals surface area contributed by atoms with Crippen molar-refractivity contribution >= 4 is 59.9 Å². The largest absolute Gasteiger partial charge is 0.129 e. The molecule has 0 nitrogen and oxygen atoms in total. The fraction of sp³-hybridized carbons (Fsp3) is 0.200. The lowest BCUT2D eigenvalue weighted by Crippen LogP contribution is -1.79. The van der Waals surface area contributed by atoms with Gasteiger partial charge in [0.2, 0.25) is 0 Å². The SMILES string of the molecule is Cc1ccc(CBr)c2cc(I)sc12. The van der Waals surface area contributed by atoms with Crippen LogP contribution in [0.1, 0.15) is 11.1 Å². The summed E-state index contributed by atoms with van der Waals surface area (Å²) in [5.74, 6) is 0. The molecule has 0 aliphatic rings. The number of aryl methyl sites for hydroxylation is 1. The molecule has 0 fully saturated rings. The molecule has 0 amide bonds. The Morgan fingerprint density at radius 2 is 2.23 bits per heavy atom. The van der Waals surface area contributed by atoms with Crippen molar-refractivity contribution in [3.63, 3.8) is 0 Å². The third kappa shape index (κ3) is 1.78. The van der Waals surface area contributed by atoms with Crippen molar-refractivity contribution in [2.45, 2.75) is 12.3 Å². The first-order chi connectivity index (χ1) is 6.22. The van der Waals surface area contributed by atoms with Crippen molar-refractivity contribution in [1.29, 1.82) is 0 Å². The van der Waals surface area contributed by atoms with Gasteiger partial charge in [0.05, 0.1) is 2.88 Å². The fourth-order valence-electron chi connectivity index (χ4n) is 1.40. The van der Waals surface area contributed by atoms with Gasteiger partial charge in [-0.15, -0.1) is 11.3 Å². The van der Waals surface area contributed by atoms with E-state index >= 15 is 0 Å². The zero-order chi connectivity index (χ0) is 9.42. The number of halogens is 2. The molecule has 0 radical (unpaired) electrons. The van der Waals surface area contributed by atoms with Gasteiger partial charge in [-0.3, -0.25) is 0 Å². The molecule has 1 heterocycles. The van der Waals surface area contributed by atoms with Crippen LogP contribution in [0.25, 0.3) is 10.1 Å². The Bertz CT molecular complexity index is 447. The van der Waals surface area contributed by atoms with E-state index in [0.29, 0.717) is 0 Å². The van der Waals surface area contributed by atoms with E-state index in [1.54, 1.807) is 0 Å². The van der Waals surface area contributed by atoms with Gasteiger partial charge in [0.1, 0.15) is 0 Å². The van der Waals surface area contributed by atoms with Gasteiger partial charge in [-0.25, -0.2) is 0 Å². The lowest BCUT2D eigenvalue weighted by atomic mass is 10.1. The molecule has 1 aromatic carbocycles. The van der Waals surface area contributed by atoms with Gasteiger partial charge >= 0.3 is 0 Å². The summed E-state index contributed by atoms with van der Waals surface area (Å²) in [5, 5.41) is 2.35. The molecule has 2 aromatic rings. The lowest BCUT2D eigenvalue weighted by Gasteiger charge is -2.00. The predicted octanol–water partition coefficient (Wildman–Crippen LogP) is 4.71. The van der Waals surface area contributed by atoms with Crippen LogP contribution >= 0.6 is 49.9 Å². The second-order valence-corrected chi connectivity index (χ2v) is 6.48. The Morgan fingerprint density at radius 3 is 2.92 bits per heavy atom. The summed E-state index contributed by atoms with van der Waals surface area (Å²) in [6, 6.07) is 6.67. The van der Waals surface area contributed by atoms with E-state index in [4.69, 9.17) is 0 Å². The van der Waals surface area contributed by atoms with Gasteiger partial charge in [-0.1, -0.05) is 28.1 Å². The van der Waals surface area contributed by atoms with Crippen molar-refractivity contribution in [3.05, 3.63) is 32.2 Å². The number of hydrogen-bond acceptors (Lipinski definition) is 1. The van der Waals surface area contributed by atoms with Gasteiger partial charge in [0, 0.05) is 10.0 Å². The molecular weight excluding hydrogens is 359 g/mol. The topological polar surface area (TPSA) is 0 Å². The second kappa shape index (κ2) is 3.87. The van der Waals surface area contributed by atoms with Crippen molar-refractivity contribution in [3.8, 4) is 0 Å². The summed E-state index contributed by atoms with van der Waals surface area (Å²) in [4.78, 5) is 0. The van der Waals surface area contributed by atoms with Crippen LogP contribution in [-0.2, 0) is 5.33 Å². The first kappa shape index (κ1) is 9.93.